The second kappa shape index (κ2) is 23.5. The van der Waals surface area contributed by atoms with Gasteiger partial charge in [-0.3, -0.25) is 0 Å². The smallest absolute Gasteiger partial charge is 0.0162 e. The van der Waals surface area contributed by atoms with Gasteiger partial charge in [0.1, 0.15) is 0 Å². The van der Waals surface area contributed by atoms with Crippen molar-refractivity contribution < 1.29 is 0 Å². The van der Waals surface area contributed by atoms with E-state index in [1.807, 2.05) is 0 Å². The first-order valence-electron chi connectivity index (χ1n) is 38.5. The van der Waals surface area contributed by atoms with Gasteiger partial charge in [0.2, 0.25) is 0 Å². The third kappa shape index (κ3) is 9.82. The van der Waals surface area contributed by atoms with Crippen molar-refractivity contribution >= 4 is 64.6 Å². The van der Waals surface area contributed by atoms with Gasteiger partial charge in [-0.25, -0.2) is 0 Å². The summed E-state index contributed by atoms with van der Waals surface area (Å²) in [6, 6.07) is 128. The lowest BCUT2D eigenvalue weighted by Gasteiger charge is -2.30. The highest BCUT2D eigenvalue weighted by molar-refractivity contribution is 6.04. The molecule has 0 atom stereocenters. The molecule has 18 aromatic carbocycles. The Hall–Kier alpha value is -12.5. The largest absolute Gasteiger partial charge is 0.0619 e. The van der Waals surface area contributed by atoms with Crippen molar-refractivity contribution in [3.8, 4) is 111 Å². The molecule has 0 heteroatoms. The zero-order valence-electron chi connectivity index (χ0n) is 62.3. The average Bonchev–Trinajstić information content (AvgIpc) is 1.54. The first kappa shape index (κ1) is 63.9. The van der Waals surface area contributed by atoms with Gasteiger partial charge >= 0.3 is 0 Å². The lowest BCUT2D eigenvalue weighted by molar-refractivity contribution is 0.601. The van der Waals surface area contributed by atoms with Crippen molar-refractivity contribution in [1.29, 1.82) is 0 Å². The van der Waals surface area contributed by atoms with Crippen LogP contribution in [-0.2, 0) is 21.7 Å². The molecule has 0 unspecified atom stereocenters. The van der Waals surface area contributed by atoms with Gasteiger partial charge in [0.05, 0.1) is 0 Å². The van der Waals surface area contributed by atoms with Crippen LogP contribution in [0, 0.1) is 0 Å². The summed E-state index contributed by atoms with van der Waals surface area (Å²) in [5.41, 5.74) is 37.3. The van der Waals surface area contributed by atoms with E-state index in [1.165, 1.54) is 220 Å². The topological polar surface area (TPSA) is 0 Å². The van der Waals surface area contributed by atoms with Crippen molar-refractivity contribution in [2.24, 2.45) is 0 Å². The molecule has 22 rings (SSSR count). The van der Waals surface area contributed by atoms with Gasteiger partial charge in [-0.05, 0) is 299 Å². The molecule has 4 aliphatic carbocycles. The van der Waals surface area contributed by atoms with Crippen molar-refractivity contribution in [1.82, 2.24) is 0 Å². The fraction of sp³-hybridized carbons (Fsp3) is 0.111. The minimum Gasteiger partial charge on any atom is -0.0619 e. The monoisotopic (exact) mass is 1380 g/mol. The summed E-state index contributed by atoms with van der Waals surface area (Å²) in [6.45, 7) is 19.3. The van der Waals surface area contributed by atoms with Gasteiger partial charge in [0.25, 0.3) is 0 Å². The molecular weight excluding hydrogens is 1300 g/mol. The van der Waals surface area contributed by atoms with Crippen LogP contribution in [-0.4, -0.2) is 0 Å². The maximum atomic E-state index is 2.54. The summed E-state index contributed by atoms with van der Waals surface area (Å²) < 4.78 is 0. The molecule has 0 spiro atoms. The van der Waals surface area contributed by atoms with Crippen LogP contribution in [0.4, 0.5) is 0 Å². The van der Waals surface area contributed by atoms with Gasteiger partial charge in [-0.1, -0.05) is 316 Å². The summed E-state index contributed by atoms with van der Waals surface area (Å²) in [6.07, 6.45) is 0. The second-order valence-electron chi connectivity index (χ2n) is 33.2. The number of benzene rings is 18. The van der Waals surface area contributed by atoms with Gasteiger partial charge in [-0.15, -0.1) is 0 Å². The Morgan fingerprint density at radius 2 is 0.407 bits per heavy atom. The molecule has 0 saturated carbocycles. The summed E-state index contributed by atoms with van der Waals surface area (Å²) in [5, 5.41) is 15.2. The molecule has 0 fully saturated rings. The number of hydrogen-bond donors (Lipinski definition) is 0. The third-order valence-electron chi connectivity index (χ3n) is 25.6. The fourth-order valence-corrected chi connectivity index (χ4v) is 19.7. The van der Waals surface area contributed by atoms with Crippen molar-refractivity contribution in [2.45, 2.75) is 77.0 Å². The zero-order chi connectivity index (χ0) is 72.7. The Labute approximate surface area is 633 Å². The molecule has 0 aromatic heterocycles. The van der Waals surface area contributed by atoms with Crippen LogP contribution in [0.5, 0.6) is 0 Å². The number of hydrogen-bond acceptors (Lipinski definition) is 0. The summed E-state index contributed by atoms with van der Waals surface area (Å²) >= 11 is 0. The summed E-state index contributed by atoms with van der Waals surface area (Å²) in [7, 11) is 0. The molecule has 0 heterocycles. The van der Waals surface area contributed by atoms with Crippen LogP contribution in [0.1, 0.15) is 99.9 Å². The molecule has 0 N–H and O–H groups in total. The maximum absolute atomic E-state index is 2.54. The maximum Gasteiger partial charge on any atom is 0.0162 e. The van der Waals surface area contributed by atoms with E-state index in [-0.39, 0.29) is 21.7 Å². The highest BCUT2D eigenvalue weighted by Gasteiger charge is 2.46. The van der Waals surface area contributed by atoms with E-state index in [1.54, 1.807) is 0 Å². The minimum absolute atomic E-state index is 0.0511. The van der Waals surface area contributed by atoms with E-state index in [0.717, 1.165) is 0 Å². The number of fused-ring (bicyclic) bond motifs is 19. The molecule has 512 valence electrons. The summed E-state index contributed by atoms with van der Waals surface area (Å²) in [4.78, 5) is 0. The number of rotatable bonds is 6. The van der Waals surface area contributed by atoms with E-state index < -0.39 is 0 Å². The quantitative estimate of drug-likeness (QED) is 0.156. The second-order valence-corrected chi connectivity index (χ2v) is 33.2. The Balaban J connectivity index is 0.000000138. The minimum atomic E-state index is -0.130. The Bertz CT molecular complexity index is 6920. The molecule has 4 aliphatic rings. The molecular formula is C108H80. The average molecular weight is 1380 g/mol. The van der Waals surface area contributed by atoms with E-state index >= 15 is 0 Å². The van der Waals surface area contributed by atoms with Crippen molar-refractivity contribution in [2.75, 3.05) is 0 Å². The lowest BCUT2D eigenvalue weighted by Crippen LogP contribution is -2.24. The van der Waals surface area contributed by atoms with Gasteiger partial charge in [0.15, 0.2) is 0 Å². The highest BCUT2D eigenvalue weighted by atomic mass is 14.5. The normalized spacial score (nSPS) is 14.6. The fourth-order valence-electron chi connectivity index (χ4n) is 19.7. The zero-order valence-corrected chi connectivity index (χ0v) is 62.3. The Morgan fingerprint density at radius 3 is 0.852 bits per heavy atom. The van der Waals surface area contributed by atoms with Gasteiger partial charge < -0.3 is 0 Å². The molecule has 0 aliphatic heterocycles. The Morgan fingerprint density at radius 1 is 0.139 bits per heavy atom. The van der Waals surface area contributed by atoms with Crippen LogP contribution in [0.2, 0.25) is 0 Å². The molecule has 108 heavy (non-hydrogen) atoms. The van der Waals surface area contributed by atoms with Gasteiger partial charge in [-0.2, -0.15) is 0 Å². The first-order chi connectivity index (χ1) is 52.5. The van der Waals surface area contributed by atoms with Crippen LogP contribution >= 0.6 is 0 Å². The van der Waals surface area contributed by atoms with E-state index in [4.69, 9.17) is 0 Å². The SMILES string of the molecule is CC1(C)c2cc(-c3ccc4ccccc4c3)ccc2-c2cc3c(cc21)C(C)(C)c1cc(-c2ccc4cc(-c5ccc6ccccc6c5)ccc4c2)ccc1-3.CC1(C)c2ccccc2-c2ccc3c(c21)C(C)(C)c1cc(-c2cc(-c4ccc5cc(-c6ccc7ccccc7c6)ccc5c4)c4ccccc4c2)ccc1-3. The van der Waals surface area contributed by atoms with Crippen LogP contribution < -0.4 is 0 Å². The van der Waals surface area contributed by atoms with Gasteiger partial charge in [0, 0.05) is 21.7 Å². The third-order valence-corrected chi connectivity index (χ3v) is 25.6. The van der Waals surface area contributed by atoms with Crippen molar-refractivity contribution in [3.63, 3.8) is 0 Å². The molecule has 18 aromatic rings. The van der Waals surface area contributed by atoms with Crippen LogP contribution in [0.3, 0.4) is 0 Å². The predicted octanol–water partition coefficient (Wildman–Crippen LogP) is 29.5. The molecule has 0 saturated heterocycles. The van der Waals surface area contributed by atoms with E-state index in [0.29, 0.717) is 0 Å². The summed E-state index contributed by atoms with van der Waals surface area (Å²) in [5.74, 6) is 0. The van der Waals surface area contributed by atoms with E-state index in [9.17, 15) is 0 Å². The molecule has 0 radical (unpaired) electrons. The Kier molecular flexibility index (Phi) is 13.9. The van der Waals surface area contributed by atoms with E-state index in [2.05, 4.69) is 395 Å². The predicted molar refractivity (Wildman–Crippen MR) is 461 cm³/mol. The van der Waals surface area contributed by atoms with Crippen molar-refractivity contribution in [3.05, 3.63) is 384 Å². The first-order valence-corrected chi connectivity index (χ1v) is 38.5. The molecule has 0 bridgehead atoms. The highest BCUT2D eigenvalue weighted by Crippen LogP contribution is 2.61. The molecule has 0 amide bonds. The standard InChI is InChI=1S/2C54H40/c1-53(2)49-29-43(41-16-14-34-10-6-8-12-36(34)26-41)21-23-45(49)47-31-48-46-24-22-44(30-50(46)54(3,4)52(48)32-51(47)53)42-20-19-39-27-38(17-18-40(39)28-42)37-15-13-33-9-5-7-11-35(33)25-37;1-53(2)49-16-10-9-15-44(49)46-25-26-47-45-24-23-39(32-50(45)54(3,4)52(47)51(46)53)42-30-40-13-7-8-14-43(40)48(31-42)41-22-21-37-28-36(19-20-38(37)29-41)35-18-17-33-11-5-6-12-34(33)27-35/h2*5-32H,1-4H3. The molecule has 0 nitrogen and oxygen atoms in total. The van der Waals surface area contributed by atoms with Crippen LogP contribution in [0.15, 0.2) is 340 Å². The lowest BCUT2D eigenvalue weighted by atomic mass is 9.72. The van der Waals surface area contributed by atoms with Crippen LogP contribution in [0.25, 0.3) is 176 Å².